The summed E-state index contributed by atoms with van der Waals surface area (Å²) in [7, 11) is 0. The molecular weight excluding hydrogens is 294 g/mol. The van der Waals surface area contributed by atoms with Gasteiger partial charge in [-0.1, -0.05) is 24.2 Å². The maximum Gasteiger partial charge on any atom is 0.214 e. The lowest BCUT2D eigenvalue weighted by molar-refractivity contribution is 0.702. The molecule has 3 heterocycles. The molecule has 0 unspecified atom stereocenters. The zero-order chi connectivity index (χ0) is 14.9. The molecule has 114 valence electrons. The number of hydrogen-bond donors (Lipinski definition) is 1. The van der Waals surface area contributed by atoms with Gasteiger partial charge in [0.1, 0.15) is 0 Å². The summed E-state index contributed by atoms with van der Waals surface area (Å²) in [5.41, 5.74) is 3.65. The number of nitrogens with one attached hydrogen (secondary N) is 1. The summed E-state index contributed by atoms with van der Waals surface area (Å²) < 4.78 is 1.92. The molecule has 0 bridgehead atoms. The molecular formula is C16H19N5S. The maximum absolute atomic E-state index is 4.76. The Balaban J connectivity index is 1.49. The van der Waals surface area contributed by atoms with E-state index in [2.05, 4.69) is 28.5 Å². The summed E-state index contributed by atoms with van der Waals surface area (Å²) >= 11 is 1.62. The van der Waals surface area contributed by atoms with E-state index < -0.39 is 0 Å². The molecule has 0 atom stereocenters. The average Bonchev–Trinajstić information content (AvgIpc) is 3.21. The second kappa shape index (κ2) is 5.68. The second-order valence-corrected chi connectivity index (χ2v) is 6.89. The number of anilines is 1. The number of fused-ring (bicyclic) bond motifs is 1. The minimum absolute atomic E-state index is 0.643. The SMILES string of the molecule is Cc1cnccc1CNc1nn2cc(C3CCCC3)nc2s1. The highest BCUT2D eigenvalue weighted by molar-refractivity contribution is 7.20. The third-order valence-corrected chi connectivity index (χ3v) is 5.28. The molecule has 1 fully saturated rings. The number of aromatic nitrogens is 4. The Morgan fingerprint density at radius 2 is 2.23 bits per heavy atom. The molecule has 0 saturated heterocycles. The van der Waals surface area contributed by atoms with Gasteiger partial charge in [-0.3, -0.25) is 4.98 Å². The molecule has 4 rings (SSSR count). The second-order valence-electron chi connectivity index (χ2n) is 5.94. The number of hydrogen-bond acceptors (Lipinski definition) is 5. The first kappa shape index (κ1) is 13.7. The molecule has 0 amide bonds. The van der Waals surface area contributed by atoms with Gasteiger partial charge in [0.2, 0.25) is 10.1 Å². The first-order chi connectivity index (χ1) is 10.8. The molecule has 22 heavy (non-hydrogen) atoms. The predicted octanol–water partition coefficient (Wildman–Crippen LogP) is 3.76. The van der Waals surface area contributed by atoms with Crippen molar-refractivity contribution in [1.82, 2.24) is 19.6 Å². The first-order valence-corrected chi connectivity index (χ1v) is 8.61. The lowest BCUT2D eigenvalue weighted by Crippen LogP contribution is -2.01. The zero-order valence-corrected chi connectivity index (χ0v) is 13.4. The van der Waals surface area contributed by atoms with E-state index >= 15 is 0 Å². The molecule has 3 aromatic rings. The molecule has 0 spiro atoms. The van der Waals surface area contributed by atoms with Crippen molar-refractivity contribution >= 4 is 21.4 Å². The summed E-state index contributed by atoms with van der Waals surface area (Å²) in [6.07, 6.45) is 11.0. The molecule has 0 aliphatic heterocycles. The highest BCUT2D eigenvalue weighted by Crippen LogP contribution is 2.34. The highest BCUT2D eigenvalue weighted by atomic mass is 32.1. The van der Waals surface area contributed by atoms with E-state index in [9.17, 15) is 0 Å². The van der Waals surface area contributed by atoms with Crippen LogP contribution in [-0.4, -0.2) is 19.6 Å². The Kier molecular flexibility index (Phi) is 3.54. The van der Waals surface area contributed by atoms with Crippen LogP contribution in [0.4, 0.5) is 5.13 Å². The van der Waals surface area contributed by atoms with Crippen molar-refractivity contribution in [2.75, 3.05) is 5.32 Å². The lowest BCUT2D eigenvalue weighted by atomic mass is 10.1. The first-order valence-electron chi connectivity index (χ1n) is 7.79. The molecule has 1 aliphatic rings. The van der Waals surface area contributed by atoms with Gasteiger partial charge in [0.05, 0.1) is 11.9 Å². The average molecular weight is 313 g/mol. The van der Waals surface area contributed by atoms with Crippen molar-refractivity contribution in [3.8, 4) is 0 Å². The molecule has 1 aliphatic carbocycles. The van der Waals surface area contributed by atoms with Crippen LogP contribution in [0.2, 0.25) is 0 Å². The lowest BCUT2D eigenvalue weighted by Gasteiger charge is -2.05. The third-order valence-electron chi connectivity index (χ3n) is 4.40. The molecule has 1 N–H and O–H groups in total. The quantitative estimate of drug-likeness (QED) is 0.796. The van der Waals surface area contributed by atoms with E-state index in [1.165, 1.54) is 42.5 Å². The summed E-state index contributed by atoms with van der Waals surface area (Å²) in [5, 5.41) is 8.89. The van der Waals surface area contributed by atoms with Gasteiger partial charge in [-0.15, -0.1) is 5.10 Å². The van der Waals surface area contributed by atoms with E-state index in [4.69, 9.17) is 4.98 Å². The molecule has 0 aromatic carbocycles. The van der Waals surface area contributed by atoms with Crippen LogP contribution in [0.5, 0.6) is 0 Å². The van der Waals surface area contributed by atoms with Crippen molar-refractivity contribution in [1.29, 1.82) is 0 Å². The van der Waals surface area contributed by atoms with Crippen LogP contribution in [0.1, 0.15) is 48.4 Å². The van der Waals surface area contributed by atoms with Gasteiger partial charge in [0.25, 0.3) is 0 Å². The van der Waals surface area contributed by atoms with Gasteiger partial charge in [-0.2, -0.15) is 0 Å². The number of aryl methyl sites for hydroxylation is 1. The standard InChI is InChI=1S/C16H19N5S/c1-11-8-17-7-6-13(11)9-18-15-20-21-10-14(19-16(21)22-15)12-4-2-3-5-12/h6-8,10,12H,2-5,9H2,1H3,(H,18,20). The van der Waals surface area contributed by atoms with Crippen LogP contribution < -0.4 is 5.32 Å². The fraction of sp³-hybridized carbons (Fsp3) is 0.438. The third kappa shape index (κ3) is 2.59. The molecule has 0 radical (unpaired) electrons. The van der Waals surface area contributed by atoms with Crippen molar-refractivity contribution < 1.29 is 0 Å². The summed E-state index contributed by atoms with van der Waals surface area (Å²) in [5.74, 6) is 0.643. The fourth-order valence-corrected chi connectivity index (χ4v) is 3.86. The minimum Gasteiger partial charge on any atom is -0.356 e. The van der Waals surface area contributed by atoms with Crippen LogP contribution in [0.3, 0.4) is 0 Å². The summed E-state index contributed by atoms with van der Waals surface area (Å²) in [4.78, 5) is 9.86. The van der Waals surface area contributed by atoms with Crippen molar-refractivity contribution in [2.45, 2.75) is 45.1 Å². The van der Waals surface area contributed by atoms with Gasteiger partial charge in [0, 0.05) is 24.9 Å². The monoisotopic (exact) mass is 313 g/mol. The maximum atomic E-state index is 4.76. The van der Waals surface area contributed by atoms with E-state index in [1.54, 1.807) is 11.3 Å². The summed E-state index contributed by atoms with van der Waals surface area (Å²) in [6, 6.07) is 2.04. The normalized spacial score (nSPS) is 15.7. The Bertz CT molecular complexity index is 753. The Labute approximate surface area is 133 Å². The predicted molar refractivity (Wildman–Crippen MR) is 88.4 cm³/mol. The fourth-order valence-electron chi connectivity index (χ4n) is 3.08. The Morgan fingerprint density at radius 3 is 3.00 bits per heavy atom. The Hall–Kier alpha value is -1.95. The van der Waals surface area contributed by atoms with Gasteiger partial charge >= 0.3 is 0 Å². The van der Waals surface area contributed by atoms with E-state index in [-0.39, 0.29) is 0 Å². The van der Waals surface area contributed by atoms with E-state index in [1.807, 2.05) is 23.0 Å². The smallest absolute Gasteiger partial charge is 0.214 e. The molecule has 6 heteroatoms. The number of nitrogens with zero attached hydrogens (tertiary/aromatic N) is 4. The van der Waals surface area contributed by atoms with Crippen molar-refractivity contribution in [3.63, 3.8) is 0 Å². The van der Waals surface area contributed by atoms with E-state index in [0.717, 1.165) is 16.6 Å². The largest absolute Gasteiger partial charge is 0.356 e. The highest BCUT2D eigenvalue weighted by Gasteiger charge is 2.20. The Morgan fingerprint density at radius 1 is 1.36 bits per heavy atom. The molecule has 1 saturated carbocycles. The van der Waals surface area contributed by atoms with Crippen LogP contribution in [0.15, 0.2) is 24.7 Å². The number of rotatable bonds is 4. The van der Waals surface area contributed by atoms with Gasteiger partial charge in [-0.25, -0.2) is 9.50 Å². The van der Waals surface area contributed by atoms with Gasteiger partial charge < -0.3 is 5.32 Å². The topological polar surface area (TPSA) is 55.1 Å². The summed E-state index contributed by atoms with van der Waals surface area (Å²) in [6.45, 7) is 2.84. The van der Waals surface area contributed by atoms with Crippen molar-refractivity contribution in [3.05, 3.63) is 41.5 Å². The van der Waals surface area contributed by atoms with Crippen LogP contribution in [0, 0.1) is 6.92 Å². The van der Waals surface area contributed by atoms with Gasteiger partial charge in [0.15, 0.2) is 0 Å². The number of pyridine rings is 1. The van der Waals surface area contributed by atoms with Crippen LogP contribution in [0.25, 0.3) is 4.96 Å². The zero-order valence-electron chi connectivity index (χ0n) is 12.6. The van der Waals surface area contributed by atoms with E-state index in [0.29, 0.717) is 5.92 Å². The number of imidazole rings is 1. The van der Waals surface area contributed by atoms with Crippen molar-refractivity contribution in [2.24, 2.45) is 0 Å². The molecule has 5 nitrogen and oxygen atoms in total. The van der Waals surface area contributed by atoms with Gasteiger partial charge in [-0.05, 0) is 37.0 Å². The van der Waals surface area contributed by atoms with Crippen LogP contribution >= 0.6 is 11.3 Å². The van der Waals surface area contributed by atoms with Crippen LogP contribution in [-0.2, 0) is 6.54 Å². The minimum atomic E-state index is 0.643. The molecule has 3 aromatic heterocycles.